The van der Waals surface area contributed by atoms with E-state index in [2.05, 4.69) is 9.97 Å². The molecule has 2 unspecified atom stereocenters. The Bertz CT molecular complexity index is 1120. The van der Waals surface area contributed by atoms with E-state index < -0.39 is 23.7 Å². The molecule has 0 saturated heterocycles. The van der Waals surface area contributed by atoms with Crippen molar-refractivity contribution in [1.29, 1.82) is 0 Å². The average molecular weight is 405 g/mol. The van der Waals surface area contributed by atoms with Gasteiger partial charge in [-0.3, -0.25) is 0 Å². The SMILES string of the molecule is NC(c1ccc2[nH]cnc2c1)C(N)c1ccc(-c2csc(Cl)c2)c(F)c1F. The van der Waals surface area contributed by atoms with Gasteiger partial charge in [-0.25, -0.2) is 13.8 Å². The zero-order valence-electron chi connectivity index (χ0n) is 13.9. The van der Waals surface area contributed by atoms with Crippen molar-refractivity contribution >= 4 is 34.0 Å². The second kappa shape index (κ2) is 7.01. The average Bonchev–Trinajstić information content (AvgIpc) is 3.30. The number of thiophene rings is 1. The van der Waals surface area contributed by atoms with Crippen molar-refractivity contribution in [1.82, 2.24) is 9.97 Å². The van der Waals surface area contributed by atoms with Gasteiger partial charge in [0.05, 0.1) is 27.7 Å². The molecule has 2 aromatic carbocycles. The Morgan fingerprint density at radius 2 is 1.85 bits per heavy atom. The smallest absolute Gasteiger partial charge is 0.167 e. The second-order valence-corrected chi connectivity index (χ2v) is 7.74. The van der Waals surface area contributed by atoms with Gasteiger partial charge in [-0.15, -0.1) is 11.3 Å². The van der Waals surface area contributed by atoms with Crippen molar-refractivity contribution in [2.24, 2.45) is 11.5 Å². The number of aromatic amines is 1. The van der Waals surface area contributed by atoms with Crippen molar-refractivity contribution in [2.45, 2.75) is 12.1 Å². The molecule has 5 N–H and O–H groups in total. The fraction of sp³-hybridized carbons (Fsp3) is 0.105. The number of nitrogens with two attached hydrogens (primary N) is 2. The van der Waals surface area contributed by atoms with E-state index >= 15 is 0 Å². The molecule has 0 radical (unpaired) electrons. The maximum atomic E-state index is 14.7. The minimum Gasteiger partial charge on any atom is -0.345 e. The van der Waals surface area contributed by atoms with E-state index in [0.717, 1.165) is 11.0 Å². The Labute approximate surface area is 162 Å². The number of fused-ring (bicyclic) bond motifs is 1. The van der Waals surface area contributed by atoms with Crippen LogP contribution in [0.2, 0.25) is 4.34 Å². The maximum Gasteiger partial charge on any atom is 0.167 e. The number of aromatic nitrogens is 2. The normalized spacial score (nSPS) is 13.8. The summed E-state index contributed by atoms with van der Waals surface area (Å²) in [5.41, 5.74) is 15.4. The van der Waals surface area contributed by atoms with Gasteiger partial charge < -0.3 is 16.5 Å². The summed E-state index contributed by atoms with van der Waals surface area (Å²) in [5.74, 6) is -1.97. The van der Waals surface area contributed by atoms with Crippen LogP contribution in [-0.4, -0.2) is 9.97 Å². The number of hydrogen-bond donors (Lipinski definition) is 3. The fourth-order valence-corrected chi connectivity index (χ4v) is 3.93. The molecule has 8 heteroatoms. The molecule has 138 valence electrons. The van der Waals surface area contributed by atoms with E-state index in [9.17, 15) is 8.78 Å². The van der Waals surface area contributed by atoms with Gasteiger partial charge in [0.25, 0.3) is 0 Å². The van der Waals surface area contributed by atoms with Gasteiger partial charge in [0, 0.05) is 22.5 Å². The first-order valence-corrected chi connectivity index (χ1v) is 9.38. The van der Waals surface area contributed by atoms with Crippen LogP contribution in [0.5, 0.6) is 0 Å². The number of hydrogen-bond acceptors (Lipinski definition) is 4. The predicted molar refractivity (Wildman–Crippen MR) is 105 cm³/mol. The lowest BCUT2D eigenvalue weighted by molar-refractivity contribution is 0.473. The molecule has 2 heterocycles. The number of imidazole rings is 1. The van der Waals surface area contributed by atoms with E-state index in [1.54, 1.807) is 29.9 Å². The molecule has 0 fully saturated rings. The highest BCUT2D eigenvalue weighted by molar-refractivity contribution is 7.14. The van der Waals surface area contributed by atoms with Crippen LogP contribution in [0, 0.1) is 11.6 Å². The summed E-state index contributed by atoms with van der Waals surface area (Å²) in [6, 6.07) is 8.32. The molecule has 0 spiro atoms. The van der Waals surface area contributed by atoms with Gasteiger partial charge in [-0.1, -0.05) is 29.8 Å². The van der Waals surface area contributed by atoms with Crippen LogP contribution in [-0.2, 0) is 0 Å². The first kappa shape index (κ1) is 18.1. The first-order chi connectivity index (χ1) is 13.0. The second-order valence-electron chi connectivity index (χ2n) is 6.20. The summed E-state index contributed by atoms with van der Waals surface area (Å²) >= 11 is 7.14. The van der Waals surface area contributed by atoms with Crippen molar-refractivity contribution in [3.8, 4) is 11.1 Å². The zero-order valence-corrected chi connectivity index (χ0v) is 15.5. The van der Waals surface area contributed by atoms with Crippen LogP contribution < -0.4 is 11.5 Å². The zero-order chi connectivity index (χ0) is 19.1. The van der Waals surface area contributed by atoms with Gasteiger partial charge in [-0.2, -0.15) is 0 Å². The highest BCUT2D eigenvalue weighted by atomic mass is 35.5. The Kier molecular flexibility index (Phi) is 4.69. The van der Waals surface area contributed by atoms with Gasteiger partial charge >= 0.3 is 0 Å². The third kappa shape index (κ3) is 3.23. The van der Waals surface area contributed by atoms with Gasteiger partial charge in [0.1, 0.15) is 0 Å². The van der Waals surface area contributed by atoms with Crippen LogP contribution in [0.4, 0.5) is 8.78 Å². The molecule has 27 heavy (non-hydrogen) atoms. The van der Waals surface area contributed by atoms with E-state index in [4.69, 9.17) is 23.1 Å². The van der Waals surface area contributed by atoms with Crippen LogP contribution in [0.25, 0.3) is 22.2 Å². The van der Waals surface area contributed by atoms with Crippen molar-refractivity contribution in [3.05, 3.63) is 75.2 Å². The Hall–Kier alpha value is -2.32. The van der Waals surface area contributed by atoms with Crippen molar-refractivity contribution in [3.63, 3.8) is 0 Å². The number of benzene rings is 2. The lowest BCUT2D eigenvalue weighted by Crippen LogP contribution is -2.27. The minimum absolute atomic E-state index is 0.0206. The molecule has 2 atom stereocenters. The largest absolute Gasteiger partial charge is 0.345 e. The molecule has 4 aromatic rings. The number of halogens is 3. The van der Waals surface area contributed by atoms with E-state index in [1.165, 1.54) is 23.5 Å². The number of nitrogens with one attached hydrogen (secondary N) is 1. The summed E-state index contributed by atoms with van der Waals surface area (Å²) < 4.78 is 29.9. The lowest BCUT2D eigenvalue weighted by Gasteiger charge is -2.22. The maximum absolute atomic E-state index is 14.7. The number of H-pyrrole nitrogens is 1. The molecule has 4 nitrogen and oxygen atoms in total. The molecule has 4 rings (SSSR count). The monoisotopic (exact) mass is 404 g/mol. The molecule has 0 amide bonds. The summed E-state index contributed by atoms with van der Waals surface area (Å²) in [4.78, 5) is 7.16. The molecule has 0 aliphatic carbocycles. The highest BCUT2D eigenvalue weighted by Crippen LogP contribution is 2.35. The third-order valence-corrected chi connectivity index (χ3v) is 5.66. The summed E-state index contributed by atoms with van der Waals surface area (Å²) in [7, 11) is 0. The van der Waals surface area contributed by atoms with Gasteiger partial charge in [0.15, 0.2) is 11.6 Å². The molecule has 2 aromatic heterocycles. The molecule has 0 bridgehead atoms. The van der Waals surface area contributed by atoms with E-state index in [-0.39, 0.29) is 11.1 Å². The van der Waals surface area contributed by atoms with Crippen LogP contribution in [0.3, 0.4) is 0 Å². The Balaban J connectivity index is 1.68. The lowest BCUT2D eigenvalue weighted by atomic mass is 9.92. The molecule has 0 aliphatic rings. The van der Waals surface area contributed by atoms with Crippen LogP contribution in [0.1, 0.15) is 23.2 Å². The Morgan fingerprint density at radius 1 is 1.04 bits per heavy atom. The summed E-state index contributed by atoms with van der Waals surface area (Å²) in [5, 5.41) is 1.67. The molecular formula is C19H15ClF2N4S. The number of rotatable bonds is 4. The van der Waals surface area contributed by atoms with Gasteiger partial charge in [-0.05, 0) is 29.3 Å². The quantitative estimate of drug-likeness (QED) is 0.451. The summed E-state index contributed by atoms with van der Waals surface area (Å²) in [6.45, 7) is 0. The van der Waals surface area contributed by atoms with Crippen LogP contribution in [0.15, 0.2) is 48.1 Å². The van der Waals surface area contributed by atoms with Crippen LogP contribution >= 0.6 is 22.9 Å². The minimum atomic E-state index is -1.00. The highest BCUT2D eigenvalue weighted by Gasteiger charge is 2.24. The van der Waals surface area contributed by atoms with Crippen molar-refractivity contribution in [2.75, 3.05) is 0 Å². The van der Waals surface area contributed by atoms with E-state index in [1.807, 2.05) is 6.07 Å². The molecular weight excluding hydrogens is 390 g/mol. The topological polar surface area (TPSA) is 80.7 Å². The molecule has 0 saturated carbocycles. The van der Waals surface area contributed by atoms with E-state index in [0.29, 0.717) is 15.5 Å². The van der Waals surface area contributed by atoms with Crippen molar-refractivity contribution < 1.29 is 8.78 Å². The summed E-state index contributed by atoms with van der Waals surface area (Å²) in [6.07, 6.45) is 1.57. The standard InChI is InChI=1S/C19H15ClF2N4S/c20-15-6-10(7-27-15)11-2-3-12(17(22)16(11)21)19(24)18(23)9-1-4-13-14(5-9)26-8-25-13/h1-8,18-19H,23-24H2,(H,25,26). The molecule has 0 aliphatic heterocycles. The predicted octanol–water partition coefficient (Wildman–Crippen LogP) is 4.92. The third-order valence-electron chi connectivity index (χ3n) is 4.57. The van der Waals surface area contributed by atoms with Gasteiger partial charge in [0.2, 0.25) is 0 Å². The Morgan fingerprint density at radius 3 is 2.59 bits per heavy atom. The first-order valence-electron chi connectivity index (χ1n) is 8.12. The fourth-order valence-electron chi connectivity index (χ4n) is 3.05. The number of nitrogens with zero attached hydrogens (tertiary/aromatic N) is 1.